The maximum absolute atomic E-state index is 12.8. The molecule has 0 radical (unpaired) electrons. The summed E-state index contributed by atoms with van der Waals surface area (Å²) in [5.74, 6) is 0.759. The molecule has 2 atom stereocenters. The molecule has 1 aromatic rings. The summed E-state index contributed by atoms with van der Waals surface area (Å²) in [7, 11) is 1.68. The highest BCUT2D eigenvalue weighted by molar-refractivity contribution is 5.85. The van der Waals surface area contributed by atoms with Crippen LogP contribution in [0.1, 0.15) is 25.5 Å². The molecule has 0 aliphatic carbocycles. The maximum atomic E-state index is 12.8. The Bertz CT molecular complexity index is 451. The van der Waals surface area contributed by atoms with E-state index < -0.39 is 0 Å². The van der Waals surface area contributed by atoms with Gasteiger partial charge in [-0.15, -0.1) is 12.4 Å². The van der Waals surface area contributed by atoms with E-state index in [0.717, 1.165) is 13.1 Å². The second-order valence-corrected chi connectivity index (χ2v) is 5.82. The summed E-state index contributed by atoms with van der Waals surface area (Å²) >= 11 is 0. The Morgan fingerprint density at radius 2 is 1.95 bits per heavy atom. The van der Waals surface area contributed by atoms with Crippen molar-refractivity contribution in [2.45, 2.75) is 19.9 Å². The number of carbonyl (C=O) groups excluding carboxylic acids is 1. The van der Waals surface area contributed by atoms with Crippen LogP contribution in [0.25, 0.3) is 0 Å². The fourth-order valence-electron chi connectivity index (χ4n) is 2.72. The second kappa shape index (κ2) is 9.13. The van der Waals surface area contributed by atoms with Gasteiger partial charge in [-0.1, -0.05) is 37.3 Å². The minimum Gasteiger partial charge on any atom is -0.383 e. The first-order chi connectivity index (χ1) is 10.1. The average molecular weight is 327 g/mol. The van der Waals surface area contributed by atoms with E-state index in [-0.39, 0.29) is 30.3 Å². The highest BCUT2D eigenvalue weighted by Gasteiger charge is 2.33. The van der Waals surface area contributed by atoms with Crippen molar-refractivity contribution in [1.82, 2.24) is 10.2 Å². The number of hydrogen-bond acceptors (Lipinski definition) is 3. The molecule has 2 rings (SSSR count). The number of methoxy groups -OCH3 is 1. The van der Waals surface area contributed by atoms with E-state index in [1.807, 2.05) is 30.0 Å². The van der Waals surface area contributed by atoms with Gasteiger partial charge in [-0.05, 0) is 31.5 Å². The Kier molecular flexibility index (Phi) is 7.87. The number of benzene rings is 1. The number of halogens is 1. The van der Waals surface area contributed by atoms with Crippen LogP contribution in [0.15, 0.2) is 30.3 Å². The van der Waals surface area contributed by atoms with E-state index in [1.54, 1.807) is 7.11 Å². The zero-order valence-electron chi connectivity index (χ0n) is 13.6. The molecule has 124 valence electrons. The van der Waals surface area contributed by atoms with Crippen molar-refractivity contribution < 1.29 is 9.53 Å². The fraction of sp³-hybridized carbons (Fsp3) is 0.588. The van der Waals surface area contributed by atoms with Gasteiger partial charge in [0.1, 0.15) is 0 Å². The molecule has 1 aliphatic rings. The second-order valence-electron chi connectivity index (χ2n) is 5.82. The van der Waals surface area contributed by atoms with Gasteiger partial charge in [-0.25, -0.2) is 0 Å². The average Bonchev–Trinajstić information content (AvgIpc) is 2.46. The highest BCUT2D eigenvalue weighted by atomic mass is 35.5. The van der Waals surface area contributed by atoms with Crippen molar-refractivity contribution in [3.05, 3.63) is 35.9 Å². The molecule has 0 saturated carbocycles. The summed E-state index contributed by atoms with van der Waals surface area (Å²) in [6.07, 6.45) is 0. The van der Waals surface area contributed by atoms with Crippen LogP contribution in [0, 0.1) is 11.8 Å². The molecule has 1 amide bonds. The molecule has 0 bridgehead atoms. The third-order valence-electron chi connectivity index (χ3n) is 4.48. The van der Waals surface area contributed by atoms with Crippen molar-refractivity contribution in [1.29, 1.82) is 0 Å². The summed E-state index contributed by atoms with van der Waals surface area (Å²) in [6.45, 7) is 7.24. The zero-order valence-corrected chi connectivity index (χ0v) is 14.4. The van der Waals surface area contributed by atoms with Gasteiger partial charge in [0.15, 0.2) is 0 Å². The van der Waals surface area contributed by atoms with E-state index in [9.17, 15) is 4.79 Å². The third kappa shape index (κ3) is 4.45. The Hall–Kier alpha value is -1.10. The fourth-order valence-corrected chi connectivity index (χ4v) is 2.72. The lowest BCUT2D eigenvalue weighted by Crippen LogP contribution is -2.51. The van der Waals surface area contributed by atoms with E-state index in [4.69, 9.17) is 4.74 Å². The molecule has 1 saturated heterocycles. The van der Waals surface area contributed by atoms with Crippen LogP contribution in [0.2, 0.25) is 0 Å². The highest BCUT2D eigenvalue weighted by Crippen LogP contribution is 2.25. The topological polar surface area (TPSA) is 41.6 Å². The molecule has 0 aromatic heterocycles. The zero-order chi connectivity index (χ0) is 15.2. The SMILES string of the molecule is COCCN(C(=O)C(C)C1CNC1)C(C)c1ccccc1.Cl. The molecule has 1 N–H and O–H groups in total. The number of carbonyl (C=O) groups is 1. The normalized spacial score (nSPS) is 17.0. The predicted octanol–water partition coefficient (Wildman–Crippen LogP) is 2.50. The van der Waals surface area contributed by atoms with Gasteiger partial charge in [0, 0.05) is 19.6 Å². The largest absolute Gasteiger partial charge is 0.383 e. The van der Waals surface area contributed by atoms with E-state index in [0.29, 0.717) is 19.1 Å². The van der Waals surface area contributed by atoms with Gasteiger partial charge < -0.3 is 15.0 Å². The van der Waals surface area contributed by atoms with Crippen LogP contribution in [0.3, 0.4) is 0 Å². The number of nitrogens with zero attached hydrogens (tertiary/aromatic N) is 1. The van der Waals surface area contributed by atoms with Crippen molar-refractivity contribution in [3.63, 3.8) is 0 Å². The van der Waals surface area contributed by atoms with Gasteiger partial charge in [0.25, 0.3) is 0 Å². The number of rotatable bonds is 7. The number of hydrogen-bond donors (Lipinski definition) is 1. The van der Waals surface area contributed by atoms with Crippen molar-refractivity contribution in [2.75, 3.05) is 33.4 Å². The summed E-state index contributed by atoms with van der Waals surface area (Å²) < 4.78 is 5.18. The summed E-state index contributed by atoms with van der Waals surface area (Å²) in [5.41, 5.74) is 1.17. The Labute approximate surface area is 139 Å². The number of nitrogens with one attached hydrogen (secondary N) is 1. The van der Waals surface area contributed by atoms with Crippen molar-refractivity contribution in [3.8, 4) is 0 Å². The minimum absolute atomic E-state index is 0. The Balaban J connectivity index is 0.00000242. The van der Waals surface area contributed by atoms with Crippen molar-refractivity contribution >= 4 is 18.3 Å². The summed E-state index contributed by atoms with van der Waals surface area (Å²) in [4.78, 5) is 14.8. The first kappa shape index (κ1) is 18.9. The van der Waals surface area contributed by atoms with Gasteiger partial charge in [-0.2, -0.15) is 0 Å². The monoisotopic (exact) mass is 326 g/mol. The molecular formula is C17H27ClN2O2. The summed E-state index contributed by atoms with van der Waals surface area (Å²) in [6, 6.07) is 10.3. The summed E-state index contributed by atoms with van der Waals surface area (Å²) in [5, 5.41) is 3.24. The standard InChI is InChI=1S/C17H26N2O2.ClH/c1-13(16-11-18-12-16)17(20)19(9-10-21-3)14(2)15-7-5-4-6-8-15;/h4-8,13-14,16,18H,9-12H2,1-3H3;1H. The molecule has 1 fully saturated rings. The van der Waals surface area contributed by atoms with Crippen LogP contribution in [-0.2, 0) is 9.53 Å². The lowest BCUT2D eigenvalue weighted by atomic mass is 9.87. The van der Waals surface area contributed by atoms with Gasteiger partial charge >= 0.3 is 0 Å². The quantitative estimate of drug-likeness (QED) is 0.837. The molecule has 1 heterocycles. The molecule has 5 heteroatoms. The van der Waals surface area contributed by atoms with E-state index in [2.05, 4.69) is 24.4 Å². The van der Waals surface area contributed by atoms with Gasteiger partial charge in [-0.3, -0.25) is 4.79 Å². The molecule has 2 unspecified atom stereocenters. The minimum atomic E-state index is 0. The van der Waals surface area contributed by atoms with Gasteiger partial charge in [0.2, 0.25) is 5.91 Å². The molecule has 1 aliphatic heterocycles. The van der Waals surface area contributed by atoms with Crippen LogP contribution >= 0.6 is 12.4 Å². The molecule has 1 aromatic carbocycles. The van der Waals surface area contributed by atoms with Crippen molar-refractivity contribution in [2.24, 2.45) is 11.8 Å². The lowest BCUT2D eigenvalue weighted by Gasteiger charge is -2.37. The molecule has 0 spiro atoms. The van der Waals surface area contributed by atoms with Crippen LogP contribution in [-0.4, -0.2) is 44.2 Å². The van der Waals surface area contributed by atoms with E-state index >= 15 is 0 Å². The van der Waals surface area contributed by atoms with Crippen LogP contribution in [0.4, 0.5) is 0 Å². The molecular weight excluding hydrogens is 300 g/mol. The maximum Gasteiger partial charge on any atom is 0.226 e. The Morgan fingerprint density at radius 1 is 1.32 bits per heavy atom. The first-order valence-electron chi connectivity index (χ1n) is 7.70. The van der Waals surface area contributed by atoms with E-state index in [1.165, 1.54) is 5.56 Å². The van der Waals surface area contributed by atoms with Gasteiger partial charge in [0.05, 0.1) is 12.6 Å². The Morgan fingerprint density at radius 3 is 2.45 bits per heavy atom. The van der Waals surface area contributed by atoms with Crippen LogP contribution in [0.5, 0.6) is 0 Å². The smallest absolute Gasteiger partial charge is 0.226 e. The molecule has 4 nitrogen and oxygen atoms in total. The number of ether oxygens (including phenoxy) is 1. The number of amides is 1. The molecule has 22 heavy (non-hydrogen) atoms. The lowest BCUT2D eigenvalue weighted by molar-refractivity contribution is -0.140. The first-order valence-corrected chi connectivity index (χ1v) is 7.70. The third-order valence-corrected chi connectivity index (χ3v) is 4.48. The predicted molar refractivity (Wildman–Crippen MR) is 91.2 cm³/mol. The van der Waals surface area contributed by atoms with Crippen LogP contribution < -0.4 is 5.32 Å².